The molecule has 2 N–H and O–H groups in total. The number of carbonyl (C=O) groups is 1. The van der Waals surface area contributed by atoms with Gasteiger partial charge in [-0.25, -0.2) is 13.1 Å². The minimum absolute atomic E-state index is 0.160. The molecule has 1 heterocycles. The summed E-state index contributed by atoms with van der Waals surface area (Å²) in [7, 11) is -3.71. The number of sulfonamides is 1. The molecule has 1 unspecified atom stereocenters. The second-order valence-electron chi connectivity index (χ2n) is 4.54. The Balaban J connectivity index is 2.67. The number of rotatable bonds is 9. The van der Waals surface area contributed by atoms with Crippen LogP contribution in [0.15, 0.2) is 4.34 Å². The molecule has 10 heteroatoms. The number of anilines is 1. The fourth-order valence-electron chi connectivity index (χ4n) is 1.72. The van der Waals surface area contributed by atoms with Crippen molar-refractivity contribution in [3.8, 4) is 0 Å². The standard InChI is InChI=1S/C11H19ClN4O3S2/c1-3-4-9(5-6-12)7-13-21(18,19)11-16-15-10(20-11)14-8(2)17/h9,13H,3-7H2,1-2H3,(H,14,15,17). The molecule has 1 atom stereocenters. The van der Waals surface area contributed by atoms with E-state index in [1.54, 1.807) is 0 Å². The molecule has 0 radical (unpaired) electrons. The Morgan fingerprint density at radius 2 is 2.10 bits per heavy atom. The highest BCUT2D eigenvalue weighted by Crippen LogP contribution is 2.20. The van der Waals surface area contributed by atoms with Crippen LogP contribution in [0.25, 0.3) is 0 Å². The molecule has 0 fully saturated rings. The Morgan fingerprint density at radius 1 is 1.38 bits per heavy atom. The van der Waals surface area contributed by atoms with E-state index < -0.39 is 10.0 Å². The number of nitrogens with one attached hydrogen (secondary N) is 2. The largest absolute Gasteiger partial charge is 0.301 e. The Bertz CT molecular complexity index is 556. The zero-order valence-electron chi connectivity index (χ0n) is 11.9. The van der Waals surface area contributed by atoms with Crippen molar-refractivity contribution in [2.45, 2.75) is 37.4 Å². The molecule has 0 aliphatic heterocycles. The van der Waals surface area contributed by atoms with Crippen LogP contribution in [0.5, 0.6) is 0 Å². The highest BCUT2D eigenvalue weighted by molar-refractivity contribution is 7.91. The van der Waals surface area contributed by atoms with Gasteiger partial charge in [-0.1, -0.05) is 24.7 Å². The highest BCUT2D eigenvalue weighted by atomic mass is 35.5. The zero-order valence-corrected chi connectivity index (χ0v) is 14.3. The van der Waals surface area contributed by atoms with Gasteiger partial charge in [0.05, 0.1) is 0 Å². The third kappa shape index (κ3) is 6.25. The van der Waals surface area contributed by atoms with Gasteiger partial charge >= 0.3 is 0 Å². The molecule has 1 aromatic heterocycles. The lowest BCUT2D eigenvalue weighted by Crippen LogP contribution is -2.29. The van der Waals surface area contributed by atoms with Crippen molar-refractivity contribution in [3.63, 3.8) is 0 Å². The summed E-state index contributed by atoms with van der Waals surface area (Å²) in [5.41, 5.74) is 0. The highest BCUT2D eigenvalue weighted by Gasteiger charge is 2.21. The molecule has 0 bridgehead atoms. The SMILES string of the molecule is CCCC(CCCl)CNS(=O)(=O)c1nnc(NC(C)=O)s1. The second kappa shape index (κ2) is 8.62. The van der Waals surface area contributed by atoms with E-state index >= 15 is 0 Å². The quantitative estimate of drug-likeness (QED) is 0.520. The van der Waals surface area contributed by atoms with Crippen LogP contribution in [0.1, 0.15) is 33.1 Å². The molecule has 0 aromatic carbocycles. The summed E-state index contributed by atoms with van der Waals surface area (Å²) in [4.78, 5) is 10.9. The first-order chi connectivity index (χ1) is 9.89. The predicted molar refractivity (Wildman–Crippen MR) is 83.1 cm³/mol. The van der Waals surface area contributed by atoms with E-state index in [0.717, 1.165) is 30.6 Å². The second-order valence-corrected chi connectivity index (χ2v) is 7.83. The third-order valence-electron chi connectivity index (χ3n) is 2.70. The number of nitrogens with zero attached hydrogens (tertiary/aromatic N) is 2. The molecule has 0 aliphatic rings. The van der Waals surface area contributed by atoms with Crippen molar-refractivity contribution in [2.75, 3.05) is 17.7 Å². The molecule has 1 rings (SSSR count). The average molecular weight is 355 g/mol. The van der Waals surface area contributed by atoms with Crippen LogP contribution in [-0.4, -0.2) is 36.9 Å². The maximum atomic E-state index is 12.1. The van der Waals surface area contributed by atoms with Crippen molar-refractivity contribution in [1.82, 2.24) is 14.9 Å². The Labute approximate surface area is 133 Å². The van der Waals surface area contributed by atoms with Gasteiger partial charge in [-0.2, -0.15) is 0 Å². The van der Waals surface area contributed by atoms with E-state index in [9.17, 15) is 13.2 Å². The lowest BCUT2D eigenvalue weighted by Gasteiger charge is -2.14. The molecule has 1 amide bonds. The summed E-state index contributed by atoms with van der Waals surface area (Å²) in [5, 5.41) is 9.77. The first-order valence-electron chi connectivity index (χ1n) is 6.55. The van der Waals surface area contributed by atoms with Crippen molar-refractivity contribution < 1.29 is 13.2 Å². The molecule has 0 aliphatic carbocycles. The van der Waals surface area contributed by atoms with Crippen LogP contribution < -0.4 is 10.0 Å². The molecule has 120 valence electrons. The number of aromatic nitrogens is 2. The van der Waals surface area contributed by atoms with Crippen LogP contribution >= 0.6 is 22.9 Å². The van der Waals surface area contributed by atoms with Crippen LogP contribution in [0.4, 0.5) is 5.13 Å². The minimum Gasteiger partial charge on any atom is -0.301 e. The van der Waals surface area contributed by atoms with Gasteiger partial charge in [0.2, 0.25) is 15.4 Å². The van der Waals surface area contributed by atoms with E-state index in [2.05, 4.69) is 20.2 Å². The summed E-state index contributed by atoms with van der Waals surface area (Å²) in [5.74, 6) is 0.371. The summed E-state index contributed by atoms with van der Waals surface area (Å²) in [6, 6.07) is 0. The predicted octanol–water partition coefficient (Wildman–Crippen LogP) is 1.82. The van der Waals surface area contributed by atoms with Crippen LogP contribution in [0, 0.1) is 5.92 Å². The molecule has 0 saturated heterocycles. The van der Waals surface area contributed by atoms with E-state index in [1.165, 1.54) is 6.92 Å². The number of amides is 1. The molecular formula is C11H19ClN4O3S2. The van der Waals surface area contributed by atoms with E-state index in [4.69, 9.17) is 11.6 Å². The summed E-state index contributed by atoms with van der Waals surface area (Å²) in [6.07, 6.45) is 2.63. The smallest absolute Gasteiger partial charge is 0.269 e. The van der Waals surface area contributed by atoms with Crippen molar-refractivity contribution in [2.24, 2.45) is 5.92 Å². The molecule has 21 heavy (non-hydrogen) atoms. The van der Waals surface area contributed by atoms with Gasteiger partial charge in [-0.3, -0.25) is 4.79 Å². The van der Waals surface area contributed by atoms with E-state index in [1.807, 2.05) is 6.92 Å². The number of hydrogen-bond donors (Lipinski definition) is 2. The molecule has 0 saturated carbocycles. The molecule has 0 spiro atoms. The van der Waals surface area contributed by atoms with Gasteiger partial charge in [0.15, 0.2) is 0 Å². The van der Waals surface area contributed by atoms with Crippen molar-refractivity contribution >= 4 is 44.0 Å². The first-order valence-corrected chi connectivity index (χ1v) is 9.39. The Morgan fingerprint density at radius 3 is 2.67 bits per heavy atom. The van der Waals surface area contributed by atoms with Crippen molar-refractivity contribution in [1.29, 1.82) is 0 Å². The van der Waals surface area contributed by atoms with E-state index in [0.29, 0.717) is 12.4 Å². The molecular weight excluding hydrogens is 336 g/mol. The number of carbonyl (C=O) groups excluding carboxylic acids is 1. The minimum atomic E-state index is -3.71. The van der Waals surface area contributed by atoms with Crippen molar-refractivity contribution in [3.05, 3.63) is 0 Å². The summed E-state index contributed by atoms with van der Waals surface area (Å²) in [6.45, 7) is 3.67. The summed E-state index contributed by atoms with van der Waals surface area (Å²) < 4.78 is 26.6. The Kier molecular flexibility index (Phi) is 7.50. The fraction of sp³-hybridized carbons (Fsp3) is 0.727. The van der Waals surface area contributed by atoms with Crippen LogP contribution in [0.2, 0.25) is 0 Å². The first kappa shape index (κ1) is 18.3. The third-order valence-corrected chi connectivity index (χ3v) is 5.54. The molecule has 7 nitrogen and oxygen atoms in total. The zero-order chi connectivity index (χ0) is 15.9. The monoisotopic (exact) mass is 354 g/mol. The van der Waals surface area contributed by atoms with Gasteiger partial charge in [0.25, 0.3) is 10.0 Å². The van der Waals surface area contributed by atoms with Gasteiger partial charge in [-0.05, 0) is 18.8 Å². The maximum absolute atomic E-state index is 12.1. The molecule has 1 aromatic rings. The average Bonchev–Trinajstić information content (AvgIpc) is 2.85. The van der Waals surface area contributed by atoms with Gasteiger partial charge < -0.3 is 5.32 Å². The topological polar surface area (TPSA) is 101 Å². The Hall–Kier alpha value is -0.770. The number of halogens is 1. The van der Waals surface area contributed by atoms with E-state index in [-0.39, 0.29) is 21.3 Å². The fourth-order valence-corrected chi connectivity index (χ4v) is 4.13. The maximum Gasteiger partial charge on any atom is 0.269 e. The van der Waals surface area contributed by atoms with Crippen LogP contribution in [0.3, 0.4) is 0 Å². The lowest BCUT2D eigenvalue weighted by molar-refractivity contribution is -0.114. The van der Waals surface area contributed by atoms with Gasteiger partial charge in [0, 0.05) is 19.3 Å². The van der Waals surface area contributed by atoms with Crippen LogP contribution in [-0.2, 0) is 14.8 Å². The summed E-state index contributed by atoms with van der Waals surface area (Å²) >= 11 is 6.53. The number of hydrogen-bond acceptors (Lipinski definition) is 6. The lowest BCUT2D eigenvalue weighted by atomic mass is 10.0. The van der Waals surface area contributed by atoms with Gasteiger partial charge in [0.1, 0.15) is 0 Å². The number of alkyl halides is 1. The normalized spacial score (nSPS) is 13.1. The van der Waals surface area contributed by atoms with Gasteiger partial charge in [-0.15, -0.1) is 21.8 Å².